The van der Waals surface area contributed by atoms with Gasteiger partial charge in [0.1, 0.15) is 11.5 Å². The summed E-state index contributed by atoms with van der Waals surface area (Å²) < 4.78 is 0. The average molecular weight is 237 g/mol. The standard InChI is InChI=1S/C14H23NO2/c1-5-14(3,4)9-15-10(2)13-11(16)7-6-8-12(13)17/h6-8,10,15-17H,5,9H2,1-4H3. The van der Waals surface area contributed by atoms with Crippen molar-refractivity contribution >= 4 is 0 Å². The summed E-state index contributed by atoms with van der Waals surface area (Å²) in [6, 6.07) is 4.76. The number of benzene rings is 1. The minimum atomic E-state index is -0.0676. The van der Waals surface area contributed by atoms with Crippen molar-refractivity contribution in [2.24, 2.45) is 5.41 Å². The number of rotatable bonds is 5. The maximum absolute atomic E-state index is 9.75. The molecule has 1 rings (SSSR count). The highest BCUT2D eigenvalue weighted by atomic mass is 16.3. The first-order valence-corrected chi connectivity index (χ1v) is 6.11. The Labute approximate surface area is 103 Å². The van der Waals surface area contributed by atoms with Crippen LogP contribution >= 0.6 is 0 Å². The lowest BCUT2D eigenvalue weighted by Gasteiger charge is -2.26. The maximum atomic E-state index is 9.75. The van der Waals surface area contributed by atoms with Crippen LogP contribution in [0.4, 0.5) is 0 Å². The van der Waals surface area contributed by atoms with Gasteiger partial charge in [-0.3, -0.25) is 0 Å². The second-order valence-electron chi connectivity index (χ2n) is 5.33. The topological polar surface area (TPSA) is 52.5 Å². The van der Waals surface area contributed by atoms with Crippen LogP contribution in [0, 0.1) is 5.41 Å². The summed E-state index contributed by atoms with van der Waals surface area (Å²) in [6.07, 6.45) is 1.08. The highest BCUT2D eigenvalue weighted by Crippen LogP contribution is 2.32. The molecule has 0 saturated carbocycles. The molecule has 96 valence electrons. The predicted molar refractivity (Wildman–Crippen MR) is 70.3 cm³/mol. The van der Waals surface area contributed by atoms with Gasteiger partial charge in [0.05, 0.1) is 5.56 Å². The number of aromatic hydroxyl groups is 2. The zero-order chi connectivity index (χ0) is 13.1. The summed E-state index contributed by atoms with van der Waals surface area (Å²) >= 11 is 0. The first-order valence-electron chi connectivity index (χ1n) is 6.11. The summed E-state index contributed by atoms with van der Waals surface area (Å²) in [5.41, 5.74) is 0.785. The van der Waals surface area contributed by atoms with Crippen molar-refractivity contribution in [1.29, 1.82) is 0 Å². The number of phenolic OH excluding ortho intramolecular Hbond substituents is 2. The zero-order valence-corrected chi connectivity index (χ0v) is 11.1. The molecule has 17 heavy (non-hydrogen) atoms. The number of hydrogen-bond donors (Lipinski definition) is 3. The van der Waals surface area contributed by atoms with Crippen LogP contribution < -0.4 is 5.32 Å². The molecule has 0 heterocycles. The van der Waals surface area contributed by atoms with Gasteiger partial charge in [0.25, 0.3) is 0 Å². The fourth-order valence-corrected chi connectivity index (χ4v) is 1.64. The Hall–Kier alpha value is -1.22. The fraction of sp³-hybridized carbons (Fsp3) is 0.571. The Morgan fingerprint density at radius 2 is 1.76 bits per heavy atom. The van der Waals surface area contributed by atoms with Crippen LogP contribution in [0.2, 0.25) is 0 Å². The van der Waals surface area contributed by atoms with Crippen molar-refractivity contribution in [3.8, 4) is 11.5 Å². The van der Waals surface area contributed by atoms with E-state index in [0.717, 1.165) is 13.0 Å². The van der Waals surface area contributed by atoms with E-state index in [9.17, 15) is 10.2 Å². The molecule has 3 nitrogen and oxygen atoms in total. The fourth-order valence-electron chi connectivity index (χ4n) is 1.64. The Morgan fingerprint density at radius 3 is 2.24 bits per heavy atom. The molecule has 1 aromatic rings. The lowest BCUT2D eigenvalue weighted by atomic mass is 9.90. The Kier molecular flexibility index (Phi) is 4.40. The minimum absolute atomic E-state index is 0.0676. The van der Waals surface area contributed by atoms with E-state index < -0.39 is 0 Å². The Balaban J connectivity index is 2.74. The average Bonchev–Trinajstić information content (AvgIpc) is 2.26. The van der Waals surface area contributed by atoms with Gasteiger partial charge in [-0.2, -0.15) is 0 Å². The molecule has 0 aliphatic carbocycles. The van der Waals surface area contributed by atoms with E-state index in [2.05, 4.69) is 26.1 Å². The zero-order valence-electron chi connectivity index (χ0n) is 11.1. The quantitative estimate of drug-likeness (QED) is 0.737. The van der Waals surface area contributed by atoms with Crippen LogP contribution in [0.3, 0.4) is 0 Å². The number of nitrogens with one attached hydrogen (secondary N) is 1. The summed E-state index contributed by atoms with van der Waals surface area (Å²) in [5.74, 6) is 0.276. The third kappa shape index (κ3) is 3.63. The van der Waals surface area contributed by atoms with Gasteiger partial charge >= 0.3 is 0 Å². The normalized spacial score (nSPS) is 13.6. The first kappa shape index (κ1) is 13.8. The molecule has 0 saturated heterocycles. The third-order valence-electron chi connectivity index (χ3n) is 3.34. The molecule has 3 N–H and O–H groups in total. The van der Waals surface area contributed by atoms with Crippen LogP contribution in [-0.4, -0.2) is 16.8 Å². The van der Waals surface area contributed by atoms with Gasteiger partial charge in [-0.25, -0.2) is 0 Å². The van der Waals surface area contributed by atoms with Crippen molar-refractivity contribution in [3.63, 3.8) is 0 Å². The van der Waals surface area contributed by atoms with E-state index in [0.29, 0.717) is 5.56 Å². The number of phenols is 2. The molecule has 0 radical (unpaired) electrons. The van der Waals surface area contributed by atoms with E-state index >= 15 is 0 Å². The van der Waals surface area contributed by atoms with E-state index in [1.54, 1.807) is 18.2 Å². The van der Waals surface area contributed by atoms with Gasteiger partial charge in [-0.1, -0.05) is 26.8 Å². The van der Waals surface area contributed by atoms with Gasteiger partial charge in [0, 0.05) is 12.6 Å². The van der Waals surface area contributed by atoms with Crippen LogP contribution in [0.1, 0.15) is 45.7 Å². The molecule has 0 fully saturated rings. The summed E-state index contributed by atoms with van der Waals surface area (Å²) in [7, 11) is 0. The van der Waals surface area contributed by atoms with Crippen LogP contribution in [0.15, 0.2) is 18.2 Å². The molecule has 0 spiro atoms. The Bertz CT molecular complexity index is 354. The molecule has 1 aromatic carbocycles. The van der Waals surface area contributed by atoms with Gasteiger partial charge in [-0.15, -0.1) is 0 Å². The lowest BCUT2D eigenvalue weighted by molar-refractivity contribution is 0.309. The molecule has 1 unspecified atom stereocenters. The summed E-state index contributed by atoms with van der Waals surface area (Å²) in [6.45, 7) is 9.33. The SMILES string of the molecule is CCC(C)(C)CNC(C)c1c(O)cccc1O. The first-order chi connectivity index (χ1) is 7.87. The highest BCUT2D eigenvalue weighted by molar-refractivity contribution is 5.44. The maximum Gasteiger partial charge on any atom is 0.124 e. The van der Waals surface area contributed by atoms with Gasteiger partial charge < -0.3 is 15.5 Å². The second-order valence-corrected chi connectivity index (χ2v) is 5.33. The molecule has 1 atom stereocenters. The van der Waals surface area contributed by atoms with Crippen LogP contribution in [0.5, 0.6) is 11.5 Å². The van der Waals surface area contributed by atoms with E-state index in [1.165, 1.54) is 0 Å². The lowest BCUT2D eigenvalue weighted by Crippen LogP contribution is -2.30. The Morgan fingerprint density at radius 1 is 1.24 bits per heavy atom. The van der Waals surface area contributed by atoms with Crippen LogP contribution in [0.25, 0.3) is 0 Å². The number of hydrogen-bond acceptors (Lipinski definition) is 3. The summed E-state index contributed by atoms with van der Waals surface area (Å²) in [4.78, 5) is 0. The van der Waals surface area contributed by atoms with Crippen molar-refractivity contribution in [2.45, 2.75) is 40.2 Å². The molecular weight excluding hydrogens is 214 g/mol. The smallest absolute Gasteiger partial charge is 0.124 e. The molecule has 0 aliphatic rings. The van der Waals surface area contributed by atoms with Crippen molar-refractivity contribution in [3.05, 3.63) is 23.8 Å². The second kappa shape index (κ2) is 5.41. The minimum Gasteiger partial charge on any atom is -0.507 e. The summed E-state index contributed by atoms with van der Waals surface area (Å²) in [5, 5.41) is 22.8. The monoisotopic (exact) mass is 237 g/mol. The molecule has 3 heteroatoms. The van der Waals surface area contributed by atoms with Gasteiger partial charge in [0.15, 0.2) is 0 Å². The highest BCUT2D eigenvalue weighted by Gasteiger charge is 2.19. The molecule has 0 aliphatic heterocycles. The largest absolute Gasteiger partial charge is 0.507 e. The van der Waals surface area contributed by atoms with E-state index in [4.69, 9.17) is 0 Å². The van der Waals surface area contributed by atoms with Crippen molar-refractivity contribution in [1.82, 2.24) is 5.32 Å². The predicted octanol–water partition coefficient (Wildman–Crippen LogP) is 3.18. The van der Waals surface area contributed by atoms with Crippen molar-refractivity contribution < 1.29 is 10.2 Å². The van der Waals surface area contributed by atoms with E-state index in [1.807, 2.05) is 6.92 Å². The molecule has 0 aromatic heterocycles. The molecular formula is C14H23NO2. The molecule has 0 amide bonds. The van der Waals surface area contributed by atoms with Crippen LogP contribution in [-0.2, 0) is 0 Å². The van der Waals surface area contributed by atoms with Gasteiger partial charge in [-0.05, 0) is 30.9 Å². The van der Waals surface area contributed by atoms with Crippen molar-refractivity contribution in [2.75, 3.05) is 6.54 Å². The molecule has 0 bridgehead atoms. The third-order valence-corrected chi connectivity index (χ3v) is 3.34. The van der Waals surface area contributed by atoms with E-state index in [-0.39, 0.29) is 23.0 Å². The van der Waals surface area contributed by atoms with Gasteiger partial charge in [0.2, 0.25) is 0 Å².